The highest BCUT2D eigenvalue weighted by Gasteiger charge is 2.14. The van der Waals surface area contributed by atoms with Crippen molar-refractivity contribution in [3.05, 3.63) is 94.4 Å². The van der Waals surface area contributed by atoms with E-state index in [1.54, 1.807) is 30.3 Å². The number of nitrogens with one attached hydrogen (secondary N) is 1. The number of carbonyl (C=O) groups is 1. The number of nitrogens with zero attached hydrogens (tertiary/aromatic N) is 1. The fraction of sp³-hybridized carbons (Fsp3) is 0.0833. The van der Waals surface area contributed by atoms with Gasteiger partial charge < -0.3 is 10.1 Å². The predicted molar refractivity (Wildman–Crippen MR) is 144 cm³/mol. The second kappa shape index (κ2) is 11.3. The number of aryl methyl sites for hydroxylation is 1. The molecule has 0 saturated heterocycles. The molecule has 0 aliphatic rings. The molecular formula is C24H16Br2ClIN2O2. The first-order valence-electron chi connectivity index (χ1n) is 9.32. The maximum atomic E-state index is 12.6. The molecule has 3 aromatic carbocycles. The summed E-state index contributed by atoms with van der Waals surface area (Å²) in [5.74, 6) is 0.127. The number of hydrogen-bond donors (Lipinski definition) is 1. The highest BCUT2D eigenvalue weighted by molar-refractivity contribution is 14.1. The lowest BCUT2D eigenvalue weighted by Gasteiger charge is -2.12. The maximum Gasteiger partial charge on any atom is 0.266 e. The van der Waals surface area contributed by atoms with Crippen molar-refractivity contribution in [2.45, 2.75) is 13.5 Å². The number of carbonyl (C=O) groups excluding carboxylic acids is 1. The van der Waals surface area contributed by atoms with E-state index in [2.05, 4.69) is 59.8 Å². The Morgan fingerprint density at radius 1 is 1.16 bits per heavy atom. The van der Waals surface area contributed by atoms with Crippen LogP contribution in [0.4, 0.5) is 5.69 Å². The fourth-order valence-electron chi connectivity index (χ4n) is 2.77. The van der Waals surface area contributed by atoms with Crippen molar-refractivity contribution in [2.24, 2.45) is 0 Å². The Bertz CT molecular complexity index is 1210. The van der Waals surface area contributed by atoms with Crippen molar-refractivity contribution in [1.29, 1.82) is 5.26 Å². The van der Waals surface area contributed by atoms with E-state index in [1.807, 2.05) is 37.3 Å². The van der Waals surface area contributed by atoms with E-state index in [0.29, 0.717) is 37.6 Å². The smallest absolute Gasteiger partial charge is 0.266 e. The topological polar surface area (TPSA) is 62.1 Å². The van der Waals surface area contributed by atoms with Gasteiger partial charge >= 0.3 is 0 Å². The summed E-state index contributed by atoms with van der Waals surface area (Å²) in [5, 5.41) is 12.8. The molecule has 0 radical (unpaired) electrons. The lowest BCUT2D eigenvalue weighted by Crippen LogP contribution is -2.14. The number of hydrogen-bond acceptors (Lipinski definition) is 3. The average Bonchev–Trinajstić information content (AvgIpc) is 2.75. The second-order valence-electron chi connectivity index (χ2n) is 6.81. The van der Waals surface area contributed by atoms with Crippen LogP contribution in [0, 0.1) is 21.8 Å². The SMILES string of the molecule is Cc1ccc(Cl)cc1NC(=O)/C(C#N)=C/c1cc(Br)c(OCc2ccc(I)cc2)c(Br)c1. The molecule has 3 rings (SSSR count). The zero-order chi connectivity index (χ0) is 23.3. The van der Waals surface area contributed by atoms with Crippen LogP contribution in [-0.4, -0.2) is 5.91 Å². The van der Waals surface area contributed by atoms with E-state index in [9.17, 15) is 10.1 Å². The molecule has 0 heterocycles. The first-order valence-corrected chi connectivity index (χ1v) is 12.4. The largest absolute Gasteiger partial charge is 0.487 e. The molecule has 32 heavy (non-hydrogen) atoms. The van der Waals surface area contributed by atoms with Gasteiger partial charge in [0.15, 0.2) is 0 Å². The molecule has 0 atom stereocenters. The molecule has 8 heteroatoms. The Balaban J connectivity index is 1.78. The molecule has 1 amide bonds. The standard InChI is InChI=1S/C24H16Br2ClIN2O2/c1-14-2-5-18(27)11-22(14)30-24(31)17(12-29)8-16-9-20(25)23(21(26)10-16)32-13-15-3-6-19(28)7-4-15/h2-11H,13H2,1H3,(H,30,31)/b17-8+. The van der Waals surface area contributed by atoms with E-state index in [1.165, 1.54) is 6.08 Å². The number of anilines is 1. The van der Waals surface area contributed by atoms with Gasteiger partial charge in [0.25, 0.3) is 5.91 Å². The molecule has 0 aliphatic carbocycles. The van der Waals surface area contributed by atoms with Crippen molar-refractivity contribution in [3.8, 4) is 11.8 Å². The molecule has 0 aliphatic heterocycles. The molecule has 0 saturated carbocycles. The minimum Gasteiger partial charge on any atom is -0.487 e. The Kier molecular flexibility index (Phi) is 8.77. The second-order valence-corrected chi connectivity index (χ2v) is 10.2. The lowest BCUT2D eigenvalue weighted by molar-refractivity contribution is -0.112. The Hall–Kier alpha value is -1.86. The van der Waals surface area contributed by atoms with Crippen LogP contribution < -0.4 is 10.1 Å². The third-order valence-corrected chi connectivity index (χ3v) is 6.57. The molecule has 0 unspecified atom stereocenters. The van der Waals surface area contributed by atoms with Crippen LogP contribution in [0.25, 0.3) is 6.08 Å². The number of halogens is 4. The average molecular weight is 687 g/mol. The molecule has 0 bridgehead atoms. The molecule has 1 N–H and O–H groups in total. The molecule has 0 aromatic heterocycles. The van der Waals surface area contributed by atoms with Gasteiger partial charge in [0, 0.05) is 14.3 Å². The van der Waals surface area contributed by atoms with Crippen LogP contribution >= 0.6 is 66.1 Å². The minimum absolute atomic E-state index is 0.0317. The normalized spacial score (nSPS) is 11.1. The Morgan fingerprint density at radius 3 is 2.44 bits per heavy atom. The highest BCUT2D eigenvalue weighted by atomic mass is 127. The summed E-state index contributed by atoms with van der Waals surface area (Å²) in [4.78, 5) is 12.6. The molecule has 162 valence electrons. The van der Waals surface area contributed by atoms with E-state index in [4.69, 9.17) is 16.3 Å². The first kappa shape index (κ1) is 24.8. The summed E-state index contributed by atoms with van der Waals surface area (Å²) in [6.45, 7) is 2.26. The van der Waals surface area contributed by atoms with Gasteiger partial charge in [-0.2, -0.15) is 5.26 Å². The van der Waals surface area contributed by atoms with Gasteiger partial charge in [0.05, 0.1) is 8.95 Å². The third kappa shape index (κ3) is 6.58. The third-order valence-electron chi connectivity index (χ3n) is 4.44. The van der Waals surface area contributed by atoms with Crippen molar-refractivity contribution < 1.29 is 9.53 Å². The highest BCUT2D eigenvalue weighted by Crippen LogP contribution is 2.36. The minimum atomic E-state index is -0.510. The van der Waals surface area contributed by atoms with Crippen molar-refractivity contribution in [2.75, 3.05) is 5.32 Å². The predicted octanol–water partition coefficient (Wildman–Crippen LogP) is 7.90. The van der Waals surface area contributed by atoms with Gasteiger partial charge in [-0.1, -0.05) is 29.8 Å². The Morgan fingerprint density at radius 2 is 1.81 bits per heavy atom. The fourth-order valence-corrected chi connectivity index (χ4v) is 4.75. The summed E-state index contributed by atoms with van der Waals surface area (Å²) >= 11 is 15.3. The number of amides is 1. The van der Waals surface area contributed by atoms with Gasteiger partial charge in [-0.05, 0) is 121 Å². The van der Waals surface area contributed by atoms with E-state index in [0.717, 1.165) is 14.7 Å². The zero-order valence-electron chi connectivity index (χ0n) is 16.8. The van der Waals surface area contributed by atoms with Crippen LogP contribution in [-0.2, 0) is 11.4 Å². The van der Waals surface area contributed by atoms with E-state index >= 15 is 0 Å². The lowest BCUT2D eigenvalue weighted by atomic mass is 10.1. The van der Waals surface area contributed by atoms with E-state index < -0.39 is 5.91 Å². The Labute approximate surface area is 222 Å². The van der Waals surface area contributed by atoms with Crippen molar-refractivity contribution >= 4 is 83.7 Å². The van der Waals surface area contributed by atoms with Crippen LogP contribution in [0.15, 0.2) is 69.1 Å². The molecule has 4 nitrogen and oxygen atoms in total. The summed E-state index contributed by atoms with van der Waals surface area (Å²) in [6.07, 6.45) is 1.52. The number of benzene rings is 3. The van der Waals surface area contributed by atoms with Crippen molar-refractivity contribution in [1.82, 2.24) is 0 Å². The monoisotopic (exact) mass is 684 g/mol. The van der Waals surface area contributed by atoms with Crippen LogP contribution in [0.2, 0.25) is 5.02 Å². The van der Waals surface area contributed by atoms with Crippen LogP contribution in [0.1, 0.15) is 16.7 Å². The zero-order valence-corrected chi connectivity index (χ0v) is 22.8. The molecule has 3 aromatic rings. The number of nitriles is 1. The maximum absolute atomic E-state index is 12.6. The quantitative estimate of drug-likeness (QED) is 0.163. The van der Waals surface area contributed by atoms with Crippen molar-refractivity contribution in [3.63, 3.8) is 0 Å². The van der Waals surface area contributed by atoms with Gasteiger partial charge in [-0.3, -0.25) is 4.79 Å². The molecule has 0 fully saturated rings. The first-order chi connectivity index (χ1) is 15.3. The van der Waals surface area contributed by atoms with Crippen LogP contribution in [0.5, 0.6) is 5.75 Å². The van der Waals surface area contributed by atoms with E-state index in [-0.39, 0.29) is 5.57 Å². The van der Waals surface area contributed by atoms with Crippen LogP contribution in [0.3, 0.4) is 0 Å². The van der Waals surface area contributed by atoms with Gasteiger partial charge in [0.2, 0.25) is 0 Å². The summed E-state index contributed by atoms with van der Waals surface area (Å²) in [7, 11) is 0. The van der Waals surface area contributed by atoms with Gasteiger partial charge in [-0.25, -0.2) is 0 Å². The van der Waals surface area contributed by atoms with Gasteiger partial charge in [-0.15, -0.1) is 0 Å². The summed E-state index contributed by atoms with van der Waals surface area (Å²) in [5.41, 5.74) is 3.09. The molecular weight excluding hydrogens is 670 g/mol. The summed E-state index contributed by atoms with van der Waals surface area (Å²) in [6, 6.07) is 18.8. The molecule has 0 spiro atoms. The van der Waals surface area contributed by atoms with Gasteiger partial charge in [0.1, 0.15) is 24.0 Å². The number of rotatable bonds is 6. The number of ether oxygens (including phenoxy) is 1. The summed E-state index contributed by atoms with van der Waals surface area (Å²) < 4.78 is 8.52.